The molecular formula is C10H9F5N4O3S. The van der Waals surface area contributed by atoms with Crippen LogP contribution in [0.3, 0.4) is 0 Å². The Morgan fingerprint density at radius 1 is 1.30 bits per heavy atom. The number of rotatable bonds is 2. The van der Waals surface area contributed by atoms with E-state index in [9.17, 15) is 26.0 Å². The first-order valence-electron chi connectivity index (χ1n) is 5.49. The van der Waals surface area contributed by atoms with E-state index in [1.54, 1.807) is 0 Å². The molecule has 0 unspecified atom stereocenters. The van der Waals surface area contributed by atoms with Crippen molar-refractivity contribution in [1.29, 1.82) is 0 Å². The third-order valence-electron chi connectivity index (χ3n) is 2.64. The van der Waals surface area contributed by atoms with Gasteiger partial charge in [-0.3, -0.25) is 9.26 Å². The highest BCUT2D eigenvalue weighted by atomic mass is 32.2. The summed E-state index contributed by atoms with van der Waals surface area (Å²) in [5.74, 6) is -3.50. The number of alkyl halides is 3. The molecule has 0 spiro atoms. The minimum absolute atomic E-state index is 0. The molecule has 3 N–H and O–H groups in total. The average Bonchev–Trinajstić information content (AvgIpc) is 2.69. The molecule has 0 aliphatic rings. The highest BCUT2D eigenvalue weighted by Gasteiger charge is 2.37. The Hall–Kier alpha value is -2.28. The van der Waals surface area contributed by atoms with Crippen molar-refractivity contribution >= 4 is 16.1 Å². The lowest BCUT2D eigenvalue weighted by molar-refractivity contribution is -0.144. The molecule has 0 amide bonds. The first-order chi connectivity index (χ1) is 9.91. The third kappa shape index (κ3) is 3.56. The summed E-state index contributed by atoms with van der Waals surface area (Å²) in [7, 11) is -4.71. The number of nitrogen functional groups attached to an aromatic ring is 1. The van der Waals surface area contributed by atoms with Crippen LogP contribution in [-0.2, 0) is 16.3 Å². The maximum absolute atomic E-state index is 13.9. The standard InChI is InChI=1S/C10H8F4N4O3S.FH/c1-4-2-5(11)6(3-7(4)22(19,20)21)18-9(15)16-8(17-18)10(12,13)14;/h2-3H,1H3,(H2,15,16,17)(H,19,20,21);1H. The summed E-state index contributed by atoms with van der Waals surface area (Å²) < 4.78 is 83.1. The average molecular weight is 360 g/mol. The van der Waals surface area contributed by atoms with Crippen LogP contribution >= 0.6 is 0 Å². The van der Waals surface area contributed by atoms with Gasteiger partial charge in [-0.15, -0.1) is 5.10 Å². The monoisotopic (exact) mass is 360 g/mol. The third-order valence-corrected chi connectivity index (χ3v) is 3.63. The quantitative estimate of drug-likeness (QED) is 0.623. The van der Waals surface area contributed by atoms with Crippen molar-refractivity contribution in [3.63, 3.8) is 0 Å². The van der Waals surface area contributed by atoms with Gasteiger partial charge in [0.1, 0.15) is 11.5 Å². The fourth-order valence-corrected chi connectivity index (χ4v) is 2.43. The van der Waals surface area contributed by atoms with Gasteiger partial charge < -0.3 is 5.73 Å². The zero-order valence-corrected chi connectivity index (χ0v) is 12.0. The van der Waals surface area contributed by atoms with Crippen molar-refractivity contribution in [2.45, 2.75) is 18.0 Å². The van der Waals surface area contributed by atoms with E-state index in [-0.39, 0.29) is 10.3 Å². The highest BCUT2D eigenvalue weighted by Crippen LogP contribution is 2.29. The Morgan fingerprint density at radius 2 is 1.87 bits per heavy atom. The second-order valence-corrected chi connectivity index (χ2v) is 5.64. The van der Waals surface area contributed by atoms with Crippen LogP contribution in [0.5, 0.6) is 0 Å². The summed E-state index contributed by atoms with van der Waals surface area (Å²) in [6.45, 7) is 1.20. The summed E-state index contributed by atoms with van der Waals surface area (Å²) in [5.41, 5.74) is 4.41. The Balaban J connectivity index is 0.00000264. The minimum Gasteiger partial charge on any atom is -0.368 e. The van der Waals surface area contributed by atoms with Gasteiger partial charge in [-0.05, 0) is 24.6 Å². The molecule has 2 rings (SSSR count). The van der Waals surface area contributed by atoms with E-state index in [0.29, 0.717) is 16.8 Å². The fourth-order valence-electron chi connectivity index (χ4n) is 1.70. The molecule has 1 heterocycles. The van der Waals surface area contributed by atoms with Crippen LogP contribution in [0.1, 0.15) is 11.4 Å². The number of nitrogens with zero attached hydrogens (tertiary/aromatic N) is 3. The molecule has 0 bridgehead atoms. The van der Waals surface area contributed by atoms with Crippen LogP contribution in [0, 0.1) is 12.7 Å². The van der Waals surface area contributed by atoms with Crippen molar-refractivity contribution in [2.24, 2.45) is 0 Å². The second-order valence-electron chi connectivity index (χ2n) is 4.25. The number of halogens is 5. The predicted molar refractivity (Wildman–Crippen MR) is 67.8 cm³/mol. The van der Waals surface area contributed by atoms with Crippen molar-refractivity contribution < 1.29 is 35.2 Å². The summed E-state index contributed by atoms with van der Waals surface area (Å²) in [6, 6.07) is 1.33. The Bertz CT molecular complexity index is 847. The zero-order chi connectivity index (χ0) is 16.9. The molecule has 7 nitrogen and oxygen atoms in total. The molecule has 2 aromatic rings. The number of aryl methyl sites for hydroxylation is 1. The van der Waals surface area contributed by atoms with E-state index < -0.39 is 44.5 Å². The van der Waals surface area contributed by atoms with E-state index in [2.05, 4.69) is 10.1 Å². The number of nitrogens with two attached hydrogens (primary N) is 1. The van der Waals surface area contributed by atoms with Gasteiger partial charge >= 0.3 is 6.18 Å². The number of anilines is 1. The maximum atomic E-state index is 13.9. The summed E-state index contributed by atoms with van der Waals surface area (Å²) >= 11 is 0. The largest absolute Gasteiger partial charge is 0.453 e. The molecule has 0 fully saturated rings. The molecule has 128 valence electrons. The lowest BCUT2D eigenvalue weighted by Gasteiger charge is -2.09. The van der Waals surface area contributed by atoms with Gasteiger partial charge in [0.05, 0.1) is 4.90 Å². The highest BCUT2D eigenvalue weighted by molar-refractivity contribution is 7.85. The normalized spacial score (nSPS) is 12.1. The van der Waals surface area contributed by atoms with Crippen LogP contribution < -0.4 is 5.73 Å². The van der Waals surface area contributed by atoms with Crippen molar-refractivity contribution in [1.82, 2.24) is 14.8 Å². The molecule has 23 heavy (non-hydrogen) atoms. The lowest BCUT2D eigenvalue weighted by atomic mass is 10.2. The van der Waals surface area contributed by atoms with Crippen LogP contribution in [0.15, 0.2) is 17.0 Å². The van der Waals surface area contributed by atoms with Gasteiger partial charge in [0.15, 0.2) is 0 Å². The summed E-state index contributed by atoms with van der Waals surface area (Å²) in [4.78, 5) is 2.25. The lowest BCUT2D eigenvalue weighted by Crippen LogP contribution is -2.10. The Labute approximate surface area is 125 Å². The molecule has 0 saturated heterocycles. The van der Waals surface area contributed by atoms with E-state index >= 15 is 0 Å². The van der Waals surface area contributed by atoms with Gasteiger partial charge in [0.25, 0.3) is 15.9 Å². The fraction of sp³-hybridized carbons (Fsp3) is 0.200. The Kier molecular flexibility index (Phi) is 4.68. The van der Waals surface area contributed by atoms with Crippen molar-refractivity contribution in [3.8, 4) is 5.69 Å². The smallest absolute Gasteiger partial charge is 0.368 e. The van der Waals surface area contributed by atoms with Crippen LogP contribution in [-0.4, -0.2) is 27.7 Å². The first-order valence-corrected chi connectivity index (χ1v) is 6.93. The SMILES string of the molecule is Cc1cc(F)c(-n2nc(C(F)(F)F)nc2N)cc1S(=O)(=O)O.F. The van der Waals surface area contributed by atoms with Gasteiger partial charge in [-0.1, -0.05) is 0 Å². The molecule has 0 aliphatic heterocycles. The van der Waals surface area contributed by atoms with E-state index in [4.69, 9.17) is 10.3 Å². The number of benzene rings is 1. The Morgan fingerprint density at radius 3 is 2.30 bits per heavy atom. The summed E-state index contributed by atoms with van der Waals surface area (Å²) in [5, 5.41) is 3.00. The molecule has 0 aliphatic carbocycles. The molecule has 0 atom stereocenters. The van der Waals surface area contributed by atoms with E-state index in [0.717, 1.165) is 0 Å². The molecular weight excluding hydrogens is 351 g/mol. The minimum atomic E-state index is -4.91. The molecule has 13 heteroatoms. The molecule has 1 aromatic heterocycles. The van der Waals surface area contributed by atoms with Crippen LogP contribution in [0.25, 0.3) is 5.69 Å². The van der Waals surface area contributed by atoms with Crippen molar-refractivity contribution in [2.75, 3.05) is 5.73 Å². The molecule has 1 aromatic carbocycles. The molecule has 0 saturated carbocycles. The molecule has 0 radical (unpaired) electrons. The number of hydrogen-bond donors (Lipinski definition) is 2. The maximum Gasteiger partial charge on any atom is 0.453 e. The number of hydrogen-bond acceptors (Lipinski definition) is 5. The topological polar surface area (TPSA) is 111 Å². The zero-order valence-electron chi connectivity index (χ0n) is 11.2. The number of aromatic nitrogens is 3. The van der Waals surface area contributed by atoms with Crippen LogP contribution in [0.2, 0.25) is 0 Å². The second kappa shape index (κ2) is 5.73. The first kappa shape index (κ1) is 18.8. The van der Waals surface area contributed by atoms with Gasteiger partial charge in [0, 0.05) is 0 Å². The van der Waals surface area contributed by atoms with Gasteiger partial charge in [-0.25, -0.2) is 4.39 Å². The van der Waals surface area contributed by atoms with Gasteiger partial charge in [0.2, 0.25) is 5.95 Å². The van der Waals surface area contributed by atoms with E-state index in [1.165, 1.54) is 6.92 Å². The predicted octanol–water partition coefficient (Wildman–Crippen LogP) is 1.72. The van der Waals surface area contributed by atoms with E-state index in [1.807, 2.05) is 0 Å². The van der Waals surface area contributed by atoms with Crippen molar-refractivity contribution in [3.05, 3.63) is 29.3 Å². The van der Waals surface area contributed by atoms with Crippen LogP contribution in [0.4, 0.5) is 28.2 Å². The van der Waals surface area contributed by atoms with Gasteiger partial charge in [-0.2, -0.15) is 31.3 Å². The summed E-state index contributed by atoms with van der Waals surface area (Å²) in [6.07, 6.45) is -4.91.